The standard InChI is InChI=1S/C28H33FN4O5/c1-18-6-5-9-20(16-18)27(37)32-14-15-33(28(38)30-22-12-10-21(29)11-13-22)26(32)25(36)31-23(17-24(34)35)19-7-3-2-4-8-19/h5-6,9-13,16,19,23,26H,2-4,7-8,14-15,17H2,1H3,(H,30,38)(H,31,36)(H,34,35). The molecule has 2 atom stereocenters. The van der Waals surface area contributed by atoms with Gasteiger partial charge in [0.05, 0.1) is 6.42 Å². The summed E-state index contributed by atoms with van der Waals surface area (Å²) in [5, 5.41) is 15.1. The van der Waals surface area contributed by atoms with Crippen LogP contribution in [0, 0.1) is 18.7 Å². The number of amides is 4. The monoisotopic (exact) mass is 524 g/mol. The summed E-state index contributed by atoms with van der Waals surface area (Å²) in [6.45, 7) is 2.07. The van der Waals surface area contributed by atoms with Crippen LogP contribution < -0.4 is 10.6 Å². The lowest BCUT2D eigenvalue weighted by Crippen LogP contribution is -2.57. The zero-order chi connectivity index (χ0) is 27.2. The Morgan fingerprint density at radius 1 is 1.00 bits per heavy atom. The van der Waals surface area contributed by atoms with Crippen molar-refractivity contribution in [3.63, 3.8) is 0 Å². The lowest BCUT2D eigenvalue weighted by atomic mass is 9.82. The van der Waals surface area contributed by atoms with Gasteiger partial charge in [-0.25, -0.2) is 9.18 Å². The van der Waals surface area contributed by atoms with Gasteiger partial charge in [0.2, 0.25) is 0 Å². The molecule has 38 heavy (non-hydrogen) atoms. The molecule has 2 unspecified atom stereocenters. The first-order valence-electron chi connectivity index (χ1n) is 13.0. The van der Waals surface area contributed by atoms with Gasteiger partial charge >= 0.3 is 12.0 Å². The van der Waals surface area contributed by atoms with Crippen LogP contribution >= 0.6 is 0 Å². The number of halogens is 1. The van der Waals surface area contributed by atoms with Crippen LogP contribution in [0.2, 0.25) is 0 Å². The maximum atomic E-state index is 13.7. The fourth-order valence-electron chi connectivity index (χ4n) is 5.33. The van der Waals surface area contributed by atoms with Gasteiger partial charge in [0, 0.05) is 30.4 Å². The first-order chi connectivity index (χ1) is 18.2. The van der Waals surface area contributed by atoms with Crippen LogP contribution in [-0.2, 0) is 9.59 Å². The average molecular weight is 525 g/mol. The van der Waals surface area contributed by atoms with E-state index in [1.54, 1.807) is 18.2 Å². The Hall–Kier alpha value is -3.95. The maximum absolute atomic E-state index is 13.7. The zero-order valence-electron chi connectivity index (χ0n) is 21.4. The Balaban J connectivity index is 1.60. The minimum Gasteiger partial charge on any atom is -0.481 e. The van der Waals surface area contributed by atoms with E-state index in [1.807, 2.05) is 13.0 Å². The van der Waals surface area contributed by atoms with Gasteiger partial charge in [0.15, 0.2) is 6.17 Å². The number of carbonyl (C=O) groups is 4. The summed E-state index contributed by atoms with van der Waals surface area (Å²) >= 11 is 0. The highest BCUT2D eigenvalue weighted by molar-refractivity contribution is 6.00. The number of carboxylic acids is 1. The number of hydrogen-bond acceptors (Lipinski definition) is 4. The summed E-state index contributed by atoms with van der Waals surface area (Å²) in [4.78, 5) is 54.7. The smallest absolute Gasteiger partial charge is 0.323 e. The molecule has 3 N–H and O–H groups in total. The molecule has 1 saturated carbocycles. The van der Waals surface area contributed by atoms with Crippen molar-refractivity contribution in [3.8, 4) is 0 Å². The molecule has 10 heteroatoms. The van der Waals surface area contributed by atoms with Gasteiger partial charge < -0.3 is 20.6 Å². The van der Waals surface area contributed by atoms with Crippen molar-refractivity contribution < 1.29 is 28.7 Å². The van der Waals surface area contributed by atoms with Gasteiger partial charge in [0.25, 0.3) is 11.8 Å². The molecule has 1 saturated heterocycles. The summed E-state index contributed by atoms with van der Waals surface area (Å²) in [6, 6.07) is 11.0. The van der Waals surface area contributed by atoms with Crippen molar-refractivity contribution in [2.45, 2.75) is 57.7 Å². The van der Waals surface area contributed by atoms with Crippen molar-refractivity contribution in [1.29, 1.82) is 0 Å². The number of urea groups is 1. The molecule has 1 aliphatic heterocycles. The van der Waals surface area contributed by atoms with Gasteiger partial charge in [-0.2, -0.15) is 0 Å². The van der Waals surface area contributed by atoms with E-state index in [4.69, 9.17) is 0 Å². The minimum absolute atomic E-state index is 0.00705. The van der Waals surface area contributed by atoms with Crippen LogP contribution in [0.4, 0.5) is 14.9 Å². The first kappa shape index (κ1) is 27.1. The second-order valence-electron chi connectivity index (χ2n) is 9.98. The number of anilines is 1. The quantitative estimate of drug-likeness (QED) is 0.506. The van der Waals surface area contributed by atoms with Crippen LogP contribution in [-0.4, -0.2) is 64.0 Å². The fraction of sp³-hybridized carbons (Fsp3) is 0.429. The number of carboxylic acid groups (broad SMARTS) is 1. The molecule has 2 aliphatic rings. The van der Waals surface area contributed by atoms with E-state index in [-0.39, 0.29) is 25.4 Å². The van der Waals surface area contributed by atoms with Gasteiger partial charge in [-0.05, 0) is 62.1 Å². The van der Waals surface area contributed by atoms with E-state index < -0.39 is 41.8 Å². The highest BCUT2D eigenvalue weighted by atomic mass is 19.1. The van der Waals surface area contributed by atoms with Crippen LogP contribution in [0.25, 0.3) is 0 Å². The highest BCUT2D eigenvalue weighted by Gasteiger charge is 2.44. The van der Waals surface area contributed by atoms with Crippen LogP contribution in [0.5, 0.6) is 0 Å². The number of aryl methyl sites for hydroxylation is 1. The normalized spacial score (nSPS) is 18.6. The minimum atomic E-state index is -1.27. The van der Waals surface area contributed by atoms with Gasteiger partial charge in [-0.1, -0.05) is 37.0 Å². The van der Waals surface area contributed by atoms with Gasteiger partial charge in [0.1, 0.15) is 5.82 Å². The van der Waals surface area contributed by atoms with Crippen molar-refractivity contribution in [3.05, 3.63) is 65.5 Å². The SMILES string of the molecule is Cc1cccc(C(=O)N2CCN(C(=O)Nc3ccc(F)cc3)C2C(=O)NC(CC(=O)O)C2CCCCC2)c1. The Kier molecular flexibility index (Phi) is 8.60. The molecule has 202 valence electrons. The fourth-order valence-corrected chi connectivity index (χ4v) is 5.33. The second-order valence-corrected chi connectivity index (χ2v) is 9.98. The summed E-state index contributed by atoms with van der Waals surface area (Å²) < 4.78 is 13.3. The molecule has 0 spiro atoms. The van der Waals surface area contributed by atoms with Crippen molar-refractivity contribution in [2.24, 2.45) is 5.92 Å². The average Bonchev–Trinajstić information content (AvgIpc) is 3.35. The Morgan fingerprint density at radius 3 is 2.34 bits per heavy atom. The second kappa shape index (κ2) is 12.1. The lowest BCUT2D eigenvalue weighted by molar-refractivity contribution is -0.138. The molecule has 2 aromatic rings. The summed E-state index contributed by atoms with van der Waals surface area (Å²) in [7, 11) is 0. The number of nitrogens with zero attached hydrogens (tertiary/aromatic N) is 2. The molecule has 4 rings (SSSR count). The van der Waals surface area contributed by atoms with Gasteiger partial charge in [-0.15, -0.1) is 0 Å². The van der Waals surface area contributed by atoms with Crippen LogP contribution in [0.3, 0.4) is 0 Å². The van der Waals surface area contributed by atoms with Crippen molar-refractivity contribution >= 4 is 29.5 Å². The highest BCUT2D eigenvalue weighted by Crippen LogP contribution is 2.29. The van der Waals surface area contributed by atoms with E-state index in [0.29, 0.717) is 11.3 Å². The number of hydrogen-bond donors (Lipinski definition) is 3. The third-order valence-electron chi connectivity index (χ3n) is 7.23. The molecule has 1 heterocycles. The summed E-state index contributed by atoms with van der Waals surface area (Å²) in [5.41, 5.74) is 1.60. The molecule has 1 aliphatic carbocycles. The van der Waals surface area contributed by atoms with E-state index >= 15 is 0 Å². The number of aliphatic carboxylic acids is 1. The van der Waals surface area contributed by atoms with Gasteiger partial charge in [-0.3, -0.25) is 19.3 Å². The molecular formula is C28H33FN4O5. The molecule has 0 radical (unpaired) electrons. The number of carbonyl (C=O) groups excluding carboxylic acids is 3. The molecule has 9 nitrogen and oxygen atoms in total. The maximum Gasteiger partial charge on any atom is 0.323 e. The first-order valence-corrected chi connectivity index (χ1v) is 13.0. The lowest BCUT2D eigenvalue weighted by Gasteiger charge is -2.34. The molecule has 4 amide bonds. The predicted molar refractivity (Wildman–Crippen MR) is 139 cm³/mol. The summed E-state index contributed by atoms with van der Waals surface area (Å²) in [6.07, 6.45) is 3.10. The Labute approximate surface area is 221 Å². The number of nitrogens with one attached hydrogen (secondary N) is 2. The van der Waals surface area contributed by atoms with E-state index in [9.17, 15) is 28.7 Å². The molecule has 2 fully saturated rings. The van der Waals surface area contributed by atoms with E-state index in [2.05, 4.69) is 10.6 Å². The Bertz CT molecular complexity index is 1180. The van der Waals surface area contributed by atoms with Crippen molar-refractivity contribution in [1.82, 2.24) is 15.1 Å². The third kappa shape index (κ3) is 6.48. The summed E-state index contributed by atoms with van der Waals surface area (Å²) in [5.74, 6) is -2.48. The molecule has 0 bridgehead atoms. The third-order valence-corrected chi connectivity index (χ3v) is 7.23. The largest absolute Gasteiger partial charge is 0.481 e. The Morgan fingerprint density at radius 2 is 1.68 bits per heavy atom. The van der Waals surface area contributed by atoms with Crippen LogP contribution in [0.15, 0.2) is 48.5 Å². The van der Waals surface area contributed by atoms with E-state index in [0.717, 1.165) is 37.7 Å². The molecular weight excluding hydrogens is 491 g/mol. The van der Waals surface area contributed by atoms with Crippen LogP contribution in [0.1, 0.15) is 54.4 Å². The van der Waals surface area contributed by atoms with Crippen molar-refractivity contribution in [2.75, 3.05) is 18.4 Å². The number of benzene rings is 2. The zero-order valence-corrected chi connectivity index (χ0v) is 21.4. The predicted octanol–water partition coefficient (Wildman–Crippen LogP) is 3.99. The van der Waals surface area contributed by atoms with E-state index in [1.165, 1.54) is 34.1 Å². The molecule has 2 aromatic carbocycles. The molecule has 0 aromatic heterocycles. The topological polar surface area (TPSA) is 119 Å². The number of rotatable bonds is 7.